The van der Waals surface area contributed by atoms with E-state index in [1.165, 1.54) is 12.3 Å². The van der Waals surface area contributed by atoms with Gasteiger partial charge in [-0.1, -0.05) is 36.4 Å². The molecule has 12 nitrogen and oxygen atoms in total. The molecule has 2 aromatic carbocycles. The Balaban J connectivity index is 1.50. The number of aliphatic hydroxyl groups is 1. The maximum Gasteiger partial charge on any atom is 0.459 e. The highest BCUT2D eigenvalue weighted by atomic mass is 31.2. The Hall–Kier alpha value is -3.28. The monoisotopic (exact) mass is 532 g/mol. The fourth-order valence-electron chi connectivity index (χ4n) is 3.86. The molecule has 1 aliphatic heterocycles. The van der Waals surface area contributed by atoms with Crippen molar-refractivity contribution in [2.45, 2.75) is 44.8 Å². The van der Waals surface area contributed by atoms with Gasteiger partial charge in [0.05, 0.1) is 18.8 Å². The second kappa shape index (κ2) is 11.4. The molecular formula is C24H29N4O8P. The number of nitrogens with zero attached hydrogens (tertiary/aromatic N) is 2. The zero-order valence-corrected chi connectivity index (χ0v) is 21.2. The Kier molecular flexibility index (Phi) is 8.25. The smallest absolute Gasteiger partial charge is 0.459 e. The van der Waals surface area contributed by atoms with Crippen LogP contribution < -0.4 is 21.0 Å². The summed E-state index contributed by atoms with van der Waals surface area (Å²) in [5.74, 6) is -0.304. The normalized spacial score (nSPS) is 21.1. The Labute approximate surface area is 212 Å². The number of aliphatic hydroxyl groups excluding tert-OH is 1. The Morgan fingerprint density at radius 1 is 1.27 bits per heavy atom. The van der Waals surface area contributed by atoms with Gasteiger partial charge < -0.3 is 24.8 Å². The predicted octanol–water partition coefficient (Wildman–Crippen LogP) is 2.37. The fraction of sp³-hybridized carbons (Fsp3) is 0.375. The van der Waals surface area contributed by atoms with E-state index < -0.39 is 44.4 Å². The average molecular weight is 532 g/mol. The molecule has 0 bridgehead atoms. The van der Waals surface area contributed by atoms with Gasteiger partial charge in [-0.25, -0.2) is 14.4 Å². The second-order valence-corrected chi connectivity index (χ2v) is 10.5. The lowest BCUT2D eigenvalue weighted by Crippen LogP contribution is -2.32. The van der Waals surface area contributed by atoms with E-state index in [1.807, 2.05) is 24.3 Å². The van der Waals surface area contributed by atoms with Gasteiger partial charge in [-0.15, -0.1) is 0 Å². The molecule has 3 aromatic rings. The summed E-state index contributed by atoms with van der Waals surface area (Å²) in [6.45, 7) is 2.70. The number of nitrogens with two attached hydrogens (primary N) is 1. The summed E-state index contributed by atoms with van der Waals surface area (Å²) in [5, 5.41) is 14.6. The third-order valence-corrected chi connectivity index (χ3v) is 6.95. The number of anilines is 1. The number of benzene rings is 2. The van der Waals surface area contributed by atoms with Crippen molar-refractivity contribution in [2.24, 2.45) is 0 Å². The molecule has 4 atom stereocenters. The number of aromatic nitrogens is 2. The average Bonchev–Trinajstić information content (AvgIpc) is 3.22. The topological polar surface area (TPSA) is 164 Å². The third kappa shape index (κ3) is 6.73. The summed E-state index contributed by atoms with van der Waals surface area (Å²) in [6.07, 6.45) is -1.71. The molecule has 198 valence electrons. The number of hydrogen-bond acceptors (Lipinski definition) is 10. The molecule has 4 N–H and O–H groups in total. The standard InChI is InChI=1S/C24H29N4O8P/c1-15(2)34-22(30)13-26-37(32,36-20-9-5-7-16-6-3-4-8-18(16)20)33-14-17-12-19(29)23(35-17)28-11-10-21(25)27-24(28)31/h3-11,15,17,19,23,29H,12-14H2,1-2H3,(H,26,32)(H2,25,27,31). The molecule has 0 aliphatic carbocycles. The maximum atomic E-state index is 13.7. The first-order chi connectivity index (χ1) is 17.6. The number of carbonyl (C=O) groups is 1. The van der Waals surface area contributed by atoms with Crippen LogP contribution in [-0.2, 0) is 23.4 Å². The number of esters is 1. The van der Waals surface area contributed by atoms with Crippen molar-refractivity contribution >= 4 is 30.3 Å². The van der Waals surface area contributed by atoms with Gasteiger partial charge in [0.15, 0.2) is 6.23 Å². The van der Waals surface area contributed by atoms with Crippen LogP contribution in [-0.4, -0.2) is 52.1 Å². The van der Waals surface area contributed by atoms with Gasteiger partial charge in [-0.2, -0.15) is 4.98 Å². The molecular weight excluding hydrogens is 503 g/mol. The lowest BCUT2D eigenvalue weighted by atomic mass is 10.1. The maximum absolute atomic E-state index is 13.7. The summed E-state index contributed by atoms with van der Waals surface area (Å²) in [4.78, 5) is 27.9. The first kappa shape index (κ1) is 26.8. The molecule has 0 radical (unpaired) electrons. The van der Waals surface area contributed by atoms with Gasteiger partial charge in [0.2, 0.25) is 0 Å². The number of nitrogens with one attached hydrogen (secondary N) is 1. The molecule has 37 heavy (non-hydrogen) atoms. The van der Waals surface area contributed by atoms with Crippen LogP contribution in [0.3, 0.4) is 0 Å². The number of rotatable bonds is 10. The summed E-state index contributed by atoms with van der Waals surface area (Å²) < 4.78 is 37.2. The first-order valence-corrected chi connectivity index (χ1v) is 13.2. The molecule has 0 amide bonds. The van der Waals surface area contributed by atoms with Gasteiger partial charge in [0.1, 0.15) is 24.2 Å². The first-order valence-electron chi connectivity index (χ1n) is 11.7. The van der Waals surface area contributed by atoms with Gasteiger partial charge in [0.25, 0.3) is 0 Å². The minimum absolute atomic E-state index is 0.0437. The molecule has 1 fully saturated rings. The molecule has 4 unspecified atom stereocenters. The number of ether oxygens (including phenoxy) is 2. The van der Waals surface area contributed by atoms with Gasteiger partial charge in [-0.3, -0.25) is 13.9 Å². The van der Waals surface area contributed by atoms with Crippen LogP contribution in [0.25, 0.3) is 10.8 Å². The van der Waals surface area contributed by atoms with E-state index in [9.17, 15) is 19.3 Å². The van der Waals surface area contributed by atoms with Crippen molar-refractivity contribution < 1.29 is 33.0 Å². The Morgan fingerprint density at radius 2 is 2.03 bits per heavy atom. The zero-order valence-electron chi connectivity index (χ0n) is 20.4. The van der Waals surface area contributed by atoms with Crippen molar-refractivity contribution in [1.82, 2.24) is 14.6 Å². The van der Waals surface area contributed by atoms with E-state index in [-0.39, 0.29) is 30.7 Å². The summed E-state index contributed by atoms with van der Waals surface area (Å²) in [7, 11) is -4.13. The molecule has 2 heterocycles. The van der Waals surface area contributed by atoms with Gasteiger partial charge >= 0.3 is 19.4 Å². The third-order valence-electron chi connectivity index (χ3n) is 5.47. The molecule has 0 saturated carbocycles. The highest BCUT2D eigenvalue weighted by molar-refractivity contribution is 7.52. The molecule has 1 aromatic heterocycles. The SMILES string of the molecule is CC(C)OC(=O)CNP(=O)(OCC1CC(O)C(n2ccc(N)nc2=O)O1)Oc1cccc2ccccc12. The van der Waals surface area contributed by atoms with Gasteiger partial charge in [-0.05, 0) is 31.4 Å². The molecule has 1 saturated heterocycles. The van der Waals surface area contributed by atoms with Crippen LogP contribution in [0, 0.1) is 0 Å². The molecule has 13 heteroatoms. The number of fused-ring (bicyclic) bond motifs is 1. The van der Waals surface area contributed by atoms with Gasteiger partial charge in [0, 0.05) is 18.0 Å². The van der Waals surface area contributed by atoms with Crippen molar-refractivity contribution in [2.75, 3.05) is 18.9 Å². The van der Waals surface area contributed by atoms with Crippen LogP contribution in [0.15, 0.2) is 59.5 Å². The zero-order chi connectivity index (χ0) is 26.6. The highest BCUT2D eigenvalue weighted by Crippen LogP contribution is 2.46. The van der Waals surface area contributed by atoms with Crippen LogP contribution in [0.4, 0.5) is 5.82 Å². The fourth-order valence-corrected chi connectivity index (χ4v) is 5.18. The van der Waals surface area contributed by atoms with Crippen LogP contribution in [0.5, 0.6) is 5.75 Å². The largest absolute Gasteiger partial charge is 0.462 e. The summed E-state index contributed by atoms with van der Waals surface area (Å²) >= 11 is 0. The van der Waals surface area contributed by atoms with Crippen molar-refractivity contribution in [1.29, 1.82) is 0 Å². The van der Waals surface area contributed by atoms with E-state index in [2.05, 4.69) is 10.1 Å². The van der Waals surface area contributed by atoms with Crippen LogP contribution >= 0.6 is 7.75 Å². The van der Waals surface area contributed by atoms with E-state index >= 15 is 0 Å². The van der Waals surface area contributed by atoms with E-state index in [4.69, 9.17) is 24.3 Å². The number of nitrogen functional groups attached to an aromatic ring is 1. The van der Waals surface area contributed by atoms with E-state index in [0.717, 1.165) is 9.95 Å². The Bertz CT molecular complexity index is 1360. The lowest BCUT2D eigenvalue weighted by Gasteiger charge is -2.22. The van der Waals surface area contributed by atoms with Crippen LogP contribution in [0.1, 0.15) is 26.5 Å². The Morgan fingerprint density at radius 3 is 2.78 bits per heavy atom. The lowest BCUT2D eigenvalue weighted by molar-refractivity contribution is -0.145. The minimum atomic E-state index is -4.13. The highest BCUT2D eigenvalue weighted by Gasteiger charge is 2.38. The predicted molar refractivity (Wildman–Crippen MR) is 135 cm³/mol. The van der Waals surface area contributed by atoms with Crippen LogP contribution in [0.2, 0.25) is 0 Å². The summed E-state index contributed by atoms with van der Waals surface area (Å²) in [5.41, 5.74) is 4.85. The quantitative estimate of drug-likeness (QED) is 0.259. The summed E-state index contributed by atoms with van der Waals surface area (Å²) in [6, 6.07) is 14.0. The van der Waals surface area contributed by atoms with Crippen molar-refractivity contribution in [3.05, 3.63) is 65.2 Å². The van der Waals surface area contributed by atoms with Crippen molar-refractivity contribution in [3.63, 3.8) is 0 Å². The second-order valence-electron chi connectivity index (χ2n) is 8.73. The van der Waals surface area contributed by atoms with Crippen molar-refractivity contribution in [3.8, 4) is 5.75 Å². The number of carbonyl (C=O) groups excluding carboxylic acids is 1. The van der Waals surface area contributed by atoms with E-state index in [0.29, 0.717) is 5.39 Å². The van der Waals surface area contributed by atoms with E-state index in [1.54, 1.807) is 32.0 Å². The number of hydrogen-bond donors (Lipinski definition) is 3. The molecule has 0 spiro atoms. The molecule has 4 rings (SSSR count). The minimum Gasteiger partial charge on any atom is -0.462 e. The molecule has 1 aliphatic rings.